The highest BCUT2D eigenvalue weighted by Gasteiger charge is 2.14. The van der Waals surface area contributed by atoms with Crippen molar-refractivity contribution in [2.24, 2.45) is 11.7 Å². The molecule has 0 aromatic heterocycles. The molecule has 0 aliphatic carbocycles. The van der Waals surface area contributed by atoms with Crippen LogP contribution in [0.2, 0.25) is 0 Å². The highest BCUT2D eigenvalue weighted by molar-refractivity contribution is 6.28. The van der Waals surface area contributed by atoms with Crippen molar-refractivity contribution in [1.82, 2.24) is 0 Å². The summed E-state index contributed by atoms with van der Waals surface area (Å²) in [6.07, 6.45) is 0. The molecule has 0 rings (SSSR count). The van der Waals surface area contributed by atoms with Crippen LogP contribution in [0, 0.1) is 5.92 Å². The summed E-state index contributed by atoms with van der Waals surface area (Å²) in [4.78, 5) is 10.7. The van der Waals surface area contributed by atoms with E-state index in [9.17, 15) is 4.79 Å². The number of hydrogen-bond acceptors (Lipinski definition) is 2. The number of halogens is 1. The summed E-state index contributed by atoms with van der Waals surface area (Å²) in [5.41, 5.74) is 5.44. The summed E-state index contributed by atoms with van der Waals surface area (Å²) in [5, 5.41) is 0. The van der Waals surface area contributed by atoms with E-state index in [1.165, 1.54) is 0 Å². The lowest BCUT2D eigenvalue weighted by molar-refractivity contribution is -0.118. The van der Waals surface area contributed by atoms with Crippen LogP contribution in [0.3, 0.4) is 0 Å². The average Bonchev–Trinajstić information content (AvgIpc) is 1.84. The van der Waals surface area contributed by atoms with E-state index in [2.05, 4.69) is 0 Å². The SMILES string of the molecule is CC(C)[C@H](N)C(=O)CCl. The zero-order valence-electron chi connectivity index (χ0n) is 5.73. The van der Waals surface area contributed by atoms with Gasteiger partial charge in [0.1, 0.15) is 0 Å². The second kappa shape index (κ2) is 3.85. The zero-order chi connectivity index (χ0) is 7.44. The van der Waals surface area contributed by atoms with Gasteiger partial charge in [0.05, 0.1) is 11.9 Å². The van der Waals surface area contributed by atoms with Crippen molar-refractivity contribution in [1.29, 1.82) is 0 Å². The number of nitrogens with two attached hydrogens (primary N) is 1. The van der Waals surface area contributed by atoms with Crippen LogP contribution in [0.5, 0.6) is 0 Å². The summed E-state index contributed by atoms with van der Waals surface area (Å²) >= 11 is 5.26. The molecule has 0 saturated carbocycles. The van der Waals surface area contributed by atoms with Crippen molar-refractivity contribution in [2.75, 3.05) is 5.88 Å². The predicted molar refractivity (Wildman–Crippen MR) is 38.5 cm³/mol. The smallest absolute Gasteiger partial charge is 0.164 e. The molecular weight excluding hydrogens is 138 g/mol. The molecule has 2 nitrogen and oxygen atoms in total. The predicted octanol–water partition coefficient (Wildman–Crippen LogP) is 0.778. The molecule has 1 atom stereocenters. The Labute approximate surface area is 60.4 Å². The molecule has 0 radical (unpaired) electrons. The topological polar surface area (TPSA) is 43.1 Å². The molecule has 2 N–H and O–H groups in total. The van der Waals surface area contributed by atoms with Crippen molar-refractivity contribution in [3.05, 3.63) is 0 Å². The monoisotopic (exact) mass is 149 g/mol. The highest BCUT2D eigenvalue weighted by Crippen LogP contribution is 1.99. The molecule has 0 fully saturated rings. The van der Waals surface area contributed by atoms with E-state index in [0.717, 1.165) is 0 Å². The first-order valence-corrected chi connectivity index (χ1v) is 3.47. The van der Waals surface area contributed by atoms with Crippen LogP contribution in [0.4, 0.5) is 0 Å². The third kappa shape index (κ3) is 2.82. The maximum atomic E-state index is 10.7. The first kappa shape index (κ1) is 8.92. The van der Waals surface area contributed by atoms with Crippen LogP contribution in [-0.2, 0) is 4.79 Å². The van der Waals surface area contributed by atoms with Gasteiger partial charge < -0.3 is 5.73 Å². The molecule has 0 heterocycles. The minimum absolute atomic E-state index is 0.0271. The number of carbonyl (C=O) groups excluding carboxylic acids is 1. The lowest BCUT2D eigenvalue weighted by atomic mass is 10.0. The molecule has 0 spiro atoms. The number of ketones is 1. The molecule has 0 amide bonds. The van der Waals surface area contributed by atoms with Gasteiger partial charge in [0.25, 0.3) is 0 Å². The lowest BCUT2D eigenvalue weighted by Crippen LogP contribution is -2.36. The van der Waals surface area contributed by atoms with Gasteiger partial charge in [-0.15, -0.1) is 11.6 Å². The zero-order valence-corrected chi connectivity index (χ0v) is 6.48. The molecule has 0 unspecified atom stereocenters. The van der Waals surface area contributed by atoms with Gasteiger partial charge in [-0.25, -0.2) is 0 Å². The van der Waals surface area contributed by atoms with Gasteiger partial charge >= 0.3 is 0 Å². The largest absolute Gasteiger partial charge is 0.321 e. The first-order valence-electron chi connectivity index (χ1n) is 2.93. The van der Waals surface area contributed by atoms with Gasteiger partial charge in [0.15, 0.2) is 5.78 Å². The van der Waals surface area contributed by atoms with Crippen LogP contribution in [0.15, 0.2) is 0 Å². The molecule has 0 aromatic carbocycles. The summed E-state index contributed by atoms with van der Waals surface area (Å²) in [6, 6.07) is -0.387. The molecular formula is C6H12ClNO. The molecule has 3 heteroatoms. The summed E-state index contributed by atoms with van der Waals surface area (Å²) < 4.78 is 0. The quantitative estimate of drug-likeness (QED) is 0.603. The molecule has 0 bridgehead atoms. The number of Topliss-reactive ketones (excluding diaryl/α,β-unsaturated/α-hetero) is 1. The van der Waals surface area contributed by atoms with Gasteiger partial charge in [-0.2, -0.15) is 0 Å². The van der Waals surface area contributed by atoms with Crippen LogP contribution in [0.25, 0.3) is 0 Å². The Kier molecular flexibility index (Phi) is 3.82. The van der Waals surface area contributed by atoms with Gasteiger partial charge in [0, 0.05) is 0 Å². The van der Waals surface area contributed by atoms with Crippen molar-refractivity contribution in [3.63, 3.8) is 0 Å². The summed E-state index contributed by atoms with van der Waals surface area (Å²) in [5.74, 6) is 0.141. The Morgan fingerprint density at radius 2 is 2.11 bits per heavy atom. The normalized spacial score (nSPS) is 13.9. The van der Waals surface area contributed by atoms with Crippen molar-refractivity contribution >= 4 is 17.4 Å². The van der Waals surface area contributed by atoms with E-state index in [1.54, 1.807) is 0 Å². The number of hydrogen-bond donors (Lipinski definition) is 1. The van der Waals surface area contributed by atoms with E-state index in [4.69, 9.17) is 17.3 Å². The molecule has 0 aromatic rings. The standard InChI is InChI=1S/C6H12ClNO/c1-4(2)6(8)5(9)3-7/h4,6H,3,8H2,1-2H3/t6-/m0/s1. The van der Waals surface area contributed by atoms with Gasteiger partial charge in [-0.1, -0.05) is 13.8 Å². The first-order chi connectivity index (χ1) is 4.09. The van der Waals surface area contributed by atoms with Crippen LogP contribution < -0.4 is 5.73 Å². The fourth-order valence-corrected chi connectivity index (χ4v) is 0.639. The van der Waals surface area contributed by atoms with E-state index >= 15 is 0 Å². The number of carbonyl (C=O) groups is 1. The molecule has 9 heavy (non-hydrogen) atoms. The minimum atomic E-state index is -0.387. The van der Waals surface area contributed by atoms with Gasteiger partial charge in [-0.05, 0) is 5.92 Å². The second-order valence-electron chi connectivity index (χ2n) is 2.37. The third-order valence-electron chi connectivity index (χ3n) is 1.22. The van der Waals surface area contributed by atoms with Crippen molar-refractivity contribution in [2.45, 2.75) is 19.9 Å². The molecule has 0 aliphatic rings. The highest BCUT2D eigenvalue weighted by atomic mass is 35.5. The van der Waals surface area contributed by atoms with Crippen molar-refractivity contribution < 1.29 is 4.79 Å². The van der Waals surface area contributed by atoms with E-state index < -0.39 is 0 Å². The van der Waals surface area contributed by atoms with Crippen molar-refractivity contribution in [3.8, 4) is 0 Å². The molecule has 0 aliphatic heterocycles. The average molecular weight is 150 g/mol. The Bertz CT molecular complexity index is 103. The third-order valence-corrected chi connectivity index (χ3v) is 1.49. The van der Waals surface area contributed by atoms with E-state index in [1.807, 2.05) is 13.8 Å². The van der Waals surface area contributed by atoms with E-state index in [0.29, 0.717) is 0 Å². The maximum Gasteiger partial charge on any atom is 0.164 e. The number of alkyl halides is 1. The minimum Gasteiger partial charge on any atom is -0.321 e. The lowest BCUT2D eigenvalue weighted by Gasteiger charge is -2.11. The summed E-state index contributed by atoms with van der Waals surface area (Å²) in [6.45, 7) is 3.80. The van der Waals surface area contributed by atoms with Gasteiger partial charge in [0.2, 0.25) is 0 Å². The van der Waals surface area contributed by atoms with Gasteiger partial charge in [-0.3, -0.25) is 4.79 Å². The Morgan fingerprint density at radius 1 is 1.67 bits per heavy atom. The Morgan fingerprint density at radius 3 is 2.22 bits per heavy atom. The maximum absolute atomic E-state index is 10.7. The van der Waals surface area contributed by atoms with Crippen LogP contribution in [0.1, 0.15) is 13.8 Å². The van der Waals surface area contributed by atoms with E-state index in [-0.39, 0.29) is 23.6 Å². The molecule has 54 valence electrons. The summed E-state index contributed by atoms with van der Waals surface area (Å²) in [7, 11) is 0. The second-order valence-corrected chi connectivity index (χ2v) is 2.64. The van der Waals surface area contributed by atoms with Crippen LogP contribution >= 0.6 is 11.6 Å². The fourth-order valence-electron chi connectivity index (χ4n) is 0.461. The molecule has 0 saturated heterocycles. The fraction of sp³-hybridized carbons (Fsp3) is 0.833. The Hall–Kier alpha value is -0.0800. The Balaban J connectivity index is 3.72. The van der Waals surface area contributed by atoms with Crippen LogP contribution in [-0.4, -0.2) is 17.7 Å². The number of rotatable bonds is 3.